The van der Waals surface area contributed by atoms with Crippen LogP contribution in [0.5, 0.6) is 11.5 Å². The fraction of sp³-hybridized carbons (Fsp3) is 0.133. The van der Waals surface area contributed by atoms with Crippen LogP contribution >= 0.6 is 0 Å². The van der Waals surface area contributed by atoms with Crippen molar-refractivity contribution in [3.63, 3.8) is 0 Å². The van der Waals surface area contributed by atoms with Gasteiger partial charge in [0.15, 0.2) is 0 Å². The molecule has 0 aliphatic carbocycles. The third-order valence-corrected chi connectivity index (χ3v) is 3.55. The average molecular weight is 288 g/mol. The summed E-state index contributed by atoms with van der Waals surface area (Å²) in [5, 5.41) is 41.2. The molecule has 0 aromatic heterocycles. The Morgan fingerprint density at radius 3 is 2.24 bits per heavy atom. The molecule has 0 radical (unpaired) electrons. The minimum absolute atomic E-state index is 0.0612. The zero-order valence-electron chi connectivity index (χ0n) is 10.7. The lowest BCUT2D eigenvalue weighted by Gasteiger charge is -2.41. The van der Waals surface area contributed by atoms with Gasteiger partial charge in [-0.3, -0.25) is 0 Å². The number of aliphatic hydroxyl groups is 3. The number of rotatable bonds is 1. The van der Waals surface area contributed by atoms with Gasteiger partial charge in [0, 0.05) is 5.56 Å². The van der Waals surface area contributed by atoms with E-state index in [1.54, 1.807) is 6.07 Å². The van der Waals surface area contributed by atoms with Crippen molar-refractivity contribution < 1.29 is 30.0 Å². The Hall–Kier alpha value is -2.41. The molecule has 21 heavy (non-hydrogen) atoms. The van der Waals surface area contributed by atoms with Crippen LogP contribution in [0.15, 0.2) is 48.5 Å². The molecule has 4 N–H and O–H groups in total. The van der Waals surface area contributed by atoms with Gasteiger partial charge in [-0.25, -0.2) is 4.79 Å². The van der Waals surface area contributed by atoms with Crippen molar-refractivity contribution in [2.75, 3.05) is 0 Å². The maximum absolute atomic E-state index is 12.1. The first kappa shape index (κ1) is 13.6. The van der Waals surface area contributed by atoms with Crippen molar-refractivity contribution in [2.45, 2.75) is 11.4 Å². The second kappa shape index (κ2) is 4.29. The molecule has 6 heteroatoms. The van der Waals surface area contributed by atoms with Crippen LogP contribution in [0.1, 0.15) is 11.1 Å². The van der Waals surface area contributed by atoms with Crippen molar-refractivity contribution in [2.24, 2.45) is 0 Å². The van der Waals surface area contributed by atoms with Crippen molar-refractivity contribution >= 4 is 5.97 Å². The Labute approximate surface area is 119 Å². The maximum Gasteiger partial charge on any atom is 0.354 e. The standard InChI is InChI=1S/C15H12O6/c16-10-7-4-8-11-12(10)15(19,20)14(18,13(17)21-11)9-5-2-1-3-6-9/h1-8,16,18-20H. The number of hydrogen-bond donors (Lipinski definition) is 4. The van der Waals surface area contributed by atoms with Crippen molar-refractivity contribution in [1.29, 1.82) is 0 Å². The monoisotopic (exact) mass is 288 g/mol. The van der Waals surface area contributed by atoms with Crippen LogP contribution in [0.2, 0.25) is 0 Å². The fourth-order valence-corrected chi connectivity index (χ4v) is 2.45. The van der Waals surface area contributed by atoms with E-state index in [1.165, 1.54) is 42.5 Å². The highest BCUT2D eigenvalue weighted by molar-refractivity contribution is 5.87. The molecule has 108 valence electrons. The number of benzene rings is 2. The van der Waals surface area contributed by atoms with E-state index < -0.39 is 28.7 Å². The van der Waals surface area contributed by atoms with E-state index in [0.717, 1.165) is 0 Å². The summed E-state index contributed by atoms with van der Waals surface area (Å²) in [6.45, 7) is 0. The summed E-state index contributed by atoms with van der Waals surface area (Å²) in [6.07, 6.45) is 0. The predicted octanol–water partition coefficient (Wildman–Crippen LogP) is 0.336. The third-order valence-electron chi connectivity index (χ3n) is 3.55. The van der Waals surface area contributed by atoms with Crippen LogP contribution in [-0.2, 0) is 16.2 Å². The summed E-state index contributed by atoms with van der Waals surface area (Å²) < 4.78 is 4.95. The highest BCUT2D eigenvalue weighted by Gasteiger charge is 2.63. The topological polar surface area (TPSA) is 107 Å². The highest BCUT2D eigenvalue weighted by Crippen LogP contribution is 2.50. The summed E-state index contributed by atoms with van der Waals surface area (Å²) in [5.74, 6) is -4.99. The number of phenols is 1. The Kier molecular flexibility index (Phi) is 2.77. The maximum atomic E-state index is 12.1. The van der Waals surface area contributed by atoms with Gasteiger partial charge in [-0.05, 0) is 12.1 Å². The van der Waals surface area contributed by atoms with Crippen molar-refractivity contribution in [3.8, 4) is 11.5 Å². The number of ether oxygens (including phenoxy) is 1. The zero-order chi connectivity index (χ0) is 15.3. The first-order valence-corrected chi connectivity index (χ1v) is 6.16. The van der Waals surface area contributed by atoms with Gasteiger partial charge in [0.2, 0.25) is 11.4 Å². The van der Waals surface area contributed by atoms with Gasteiger partial charge in [-0.15, -0.1) is 0 Å². The van der Waals surface area contributed by atoms with Gasteiger partial charge in [0.05, 0.1) is 5.56 Å². The summed E-state index contributed by atoms with van der Waals surface area (Å²) in [6, 6.07) is 11.3. The molecule has 1 unspecified atom stereocenters. The van der Waals surface area contributed by atoms with Gasteiger partial charge in [-0.2, -0.15) is 0 Å². The van der Waals surface area contributed by atoms with E-state index in [2.05, 4.69) is 0 Å². The first-order chi connectivity index (χ1) is 9.89. The molecule has 1 atom stereocenters. The highest BCUT2D eigenvalue weighted by atomic mass is 16.6. The quantitative estimate of drug-likeness (QED) is 0.342. The Bertz CT molecular complexity index is 709. The lowest BCUT2D eigenvalue weighted by Crippen LogP contribution is -2.59. The molecule has 1 heterocycles. The molecule has 0 saturated heterocycles. The van der Waals surface area contributed by atoms with Gasteiger partial charge < -0.3 is 25.2 Å². The zero-order valence-corrected chi connectivity index (χ0v) is 10.7. The summed E-state index contributed by atoms with van der Waals surface area (Å²) in [7, 11) is 0. The van der Waals surface area contributed by atoms with Crippen LogP contribution in [-0.4, -0.2) is 26.4 Å². The lowest BCUT2D eigenvalue weighted by atomic mass is 9.79. The predicted molar refractivity (Wildman–Crippen MR) is 70.2 cm³/mol. The summed E-state index contributed by atoms with van der Waals surface area (Å²) >= 11 is 0. The van der Waals surface area contributed by atoms with Crippen molar-refractivity contribution in [1.82, 2.24) is 0 Å². The average Bonchev–Trinajstić information content (AvgIpc) is 2.45. The van der Waals surface area contributed by atoms with E-state index in [9.17, 15) is 25.2 Å². The first-order valence-electron chi connectivity index (χ1n) is 6.16. The smallest absolute Gasteiger partial charge is 0.354 e. The van der Waals surface area contributed by atoms with Crippen LogP contribution in [0.25, 0.3) is 0 Å². The van der Waals surface area contributed by atoms with Gasteiger partial charge >= 0.3 is 5.97 Å². The number of carbonyl (C=O) groups excluding carboxylic acids is 1. The van der Waals surface area contributed by atoms with Gasteiger partial charge in [0.1, 0.15) is 11.5 Å². The number of hydrogen-bond acceptors (Lipinski definition) is 6. The van der Waals surface area contributed by atoms with E-state index in [4.69, 9.17) is 4.74 Å². The number of esters is 1. The number of carbonyl (C=O) groups is 1. The number of fused-ring (bicyclic) bond motifs is 1. The van der Waals surface area contributed by atoms with E-state index in [1.807, 2.05) is 0 Å². The number of phenolic OH excluding ortho intramolecular Hbond substituents is 1. The molecule has 0 bridgehead atoms. The van der Waals surface area contributed by atoms with E-state index >= 15 is 0 Å². The fourth-order valence-electron chi connectivity index (χ4n) is 2.45. The second-order valence-electron chi connectivity index (χ2n) is 4.79. The molecule has 6 nitrogen and oxygen atoms in total. The Morgan fingerprint density at radius 2 is 1.57 bits per heavy atom. The molecule has 1 aliphatic rings. The number of aromatic hydroxyl groups is 1. The van der Waals surface area contributed by atoms with Gasteiger partial charge in [-0.1, -0.05) is 36.4 Å². The second-order valence-corrected chi connectivity index (χ2v) is 4.79. The molecular formula is C15H12O6. The molecular weight excluding hydrogens is 276 g/mol. The minimum Gasteiger partial charge on any atom is -0.507 e. The Morgan fingerprint density at radius 1 is 0.905 bits per heavy atom. The van der Waals surface area contributed by atoms with E-state index in [-0.39, 0.29) is 11.3 Å². The molecule has 2 aromatic rings. The van der Waals surface area contributed by atoms with Crippen LogP contribution in [0, 0.1) is 0 Å². The van der Waals surface area contributed by atoms with Crippen molar-refractivity contribution in [3.05, 3.63) is 59.7 Å². The summed E-state index contributed by atoms with van der Waals surface area (Å²) in [5.41, 5.74) is -3.27. The van der Waals surface area contributed by atoms with Crippen LogP contribution < -0.4 is 4.74 Å². The largest absolute Gasteiger partial charge is 0.507 e. The molecule has 0 saturated carbocycles. The SMILES string of the molecule is O=C1Oc2cccc(O)c2C(O)(O)C1(O)c1ccccc1. The lowest BCUT2D eigenvalue weighted by molar-refractivity contribution is -0.293. The van der Waals surface area contributed by atoms with E-state index in [0.29, 0.717) is 0 Å². The van der Waals surface area contributed by atoms with Gasteiger partial charge in [0.25, 0.3) is 0 Å². The minimum atomic E-state index is -3.04. The third kappa shape index (κ3) is 1.67. The summed E-state index contributed by atoms with van der Waals surface area (Å²) in [4.78, 5) is 12.1. The molecule has 3 rings (SSSR count). The molecule has 0 amide bonds. The van der Waals surface area contributed by atoms with Crippen LogP contribution in [0.3, 0.4) is 0 Å². The van der Waals surface area contributed by atoms with Crippen LogP contribution in [0.4, 0.5) is 0 Å². The molecule has 0 spiro atoms. The molecule has 2 aromatic carbocycles. The Balaban J connectivity index is 2.29. The normalized spacial score (nSPS) is 23.3. The molecule has 0 fully saturated rings. The molecule has 1 aliphatic heterocycles.